The fourth-order valence-corrected chi connectivity index (χ4v) is 4.34. The van der Waals surface area contributed by atoms with E-state index in [1.165, 1.54) is 12.1 Å². The van der Waals surface area contributed by atoms with Crippen molar-refractivity contribution in [1.29, 1.82) is 0 Å². The number of carbonyl (C=O) groups is 2. The van der Waals surface area contributed by atoms with Gasteiger partial charge in [-0.05, 0) is 73.1 Å². The van der Waals surface area contributed by atoms with Crippen LogP contribution in [-0.4, -0.2) is 55.5 Å². The molecular formula is C29H31FN4O2. The zero-order chi connectivity index (χ0) is 25.8. The standard InChI is InChI=1S/C29H31FN4O2/c1-33(2)18-20-8-12-23(13-9-20)31-28(27-24-14-11-22(30)17-25(24)32-29(27)36)21-7-5-6-19(16-21)10-15-26(35)34(3)4/h5-9,11-14,16-17,27H,10,15,18H2,1-4H3,(H,32,36). The first-order chi connectivity index (χ1) is 17.2. The van der Waals surface area contributed by atoms with E-state index in [9.17, 15) is 14.0 Å². The molecule has 1 N–H and O–H groups in total. The van der Waals surface area contributed by atoms with Gasteiger partial charge in [0, 0.05) is 32.7 Å². The van der Waals surface area contributed by atoms with E-state index in [1.807, 2.05) is 62.6 Å². The van der Waals surface area contributed by atoms with Crippen LogP contribution in [0.15, 0.2) is 71.7 Å². The number of rotatable bonds is 8. The molecule has 0 saturated heterocycles. The third-order valence-corrected chi connectivity index (χ3v) is 6.15. The van der Waals surface area contributed by atoms with Crippen LogP contribution in [0.5, 0.6) is 0 Å². The minimum Gasteiger partial charge on any atom is -0.349 e. The van der Waals surface area contributed by atoms with Crippen LogP contribution in [0.4, 0.5) is 15.8 Å². The minimum atomic E-state index is -0.680. The molecule has 2 amide bonds. The number of fused-ring (bicyclic) bond motifs is 1. The average molecular weight is 487 g/mol. The van der Waals surface area contributed by atoms with E-state index in [0.29, 0.717) is 29.8 Å². The Bertz CT molecular complexity index is 1300. The first kappa shape index (κ1) is 25.3. The molecule has 1 aliphatic heterocycles. The molecule has 1 unspecified atom stereocenters. The SMILES string of the molecule is CN(C)Cc1ccc(N=C(c2cccc(CCC(=O)N(C)C)c2)C2C(=O)Nc3cc(F)ccc32)cc1. The molecule has 7 heteroatoms. The molecule has 3 aromatic carbocycles. The van der Waals surface area contributed by atoms with Gasteiger partial charge in [-0.1, -0.05) is 36.4 Å². The highest BCUT2D eigenvalue weighted by Crippen LogP contribution is 2.37. The van der Waals surface area contributed by atoms with Crippen molar-refractivity contribution >= 4 is 28.9 Å². The number of hydrogen-bond acceptors (Lipinski definition) is 4. The van der Waals surface area contributed by atoms with E-state index in [-0.39, 0.29) is 11.8 Å². The first-order valence-corrected chi connectivity index (χ1v) is 11.9. The van der Waals surface area contributed by atoms with Crippen LogP contribution >= 0.6 is 0 Å². The lowest BCUT2D eigenvalue weighted by molar-refractivity contribution is -0.128. The molecule has 0 spiro atoms. The van der Waals surface area contributed by atoms with Gasteiger partial charge in [0.15, 0.2) is 0 Å². The molecule has 0 fully saturated rings. The summed E-state index contributed by atoms with van der Waals surface area (Å²) in [5, 5.41) is 2.81. The molecule has 0 bridgehead atoms. The fraction of sp³-hybridized carbons (Fsp3) is 0.276. The van der Waals surface area contributed by atoms with Crippen LogP contribution in [0.3, 0.4) is 0 Å². The fourth-order valence-electron chi connectivity index (χ4n) is 4.34. The zero-order valence-electron chi connectivity index (χ0n) is 21.1. The zero-order valence-corrected chi connectivity index (χ0v) is 21.1. The van der Waals surface area contributed by atoms with Crippen LogP contribution in [-0.2, 0) is 22.6 Å². The highest BCUT2D eigenvalue weighted by Gasteiger charge is 2.35. The first-order valence-electron chi connectivity index (χ1n) is 11.9. The van der Waals surface area contributed by atoms with Gasteiger partial charge in [-0.2, -0.15) is 0 Å². The second kappa shape index (κ2) is 10.8. The van der Waals surface area contributed by atoms with Gasteiger partial charge in [0.2, 0.25) is 11.8 Å². The van der Waals surface area contributed by atoms with Crippen molar-refractivity contribution in [1.82, 2.24) is 9.80 Å². The number of nitrogens with one attached hydrogen (secondary N) is 1. The van der Waals surface area contributed by atoms with E-state index >= 15 is 0 Å². The Labute approximate surface area is 211 Å². The minimum absolute atomic E-state index is 0.0539. The van der Waals surface area contributed by atoms with Gasteiger partial charge < -0.3 is 15.1 Å². The maximum absolute atomic E-state index is 13.9. The second-order valence-electron chi connectivity index (χ2n) is 9.54. The Hall–Kier alpha value is -3.84. The number of anilines is 1. The van der Waals surface area contributed by atoms with E-state index in [0.717, 1.165) is 28.9 Å². The van der Waals surface area contributed by atoms with Crippen LogP contribution in [0, 0.1) is 5.82 Å². The predicted octanol–water partition coefficient (Wildman–Crippen LogP) is 4.76. The number of hydrogen-bond donors (Lipinski definition) is 1. The number of aliphatic imine (C=N–C) groups is 1. The van der Waals surface area contributed by atoms with Crippen molar-refractivity contribution in [2.24, 2.45) is 4.99 Å². The van der Waals surface area contributed by atoms with Crippen LogP contribution < -0.4 is 5.32 Å². The van der Waals surface area contributed by atoms with Gasteiger partial charge in [0.1, 0.15) is 11.7 Å². The summed E-state index contributed by atoms with van der Waals surface area (Å²) in [5.41, 5.74) is 5.40. The molecule has 6 nitrogen and oxygen atoms in total. The van der Waals surface area contributed by atoms with E-state index in [4.69, 9.17) is 4.99 Å². The molecule has 0 radical (unpaired) electrons. The monoisotopic (exact) mass is 486 g/mol. The summed E-state index contributed by atoms with van der Waals surface area (Å²) < 4.78 is 13.9. The molecule has 0 saturated carbocycles. The quantitative estimate of drug-likeness (QED) is 0.467. The highest BCUT2D eigenvalue weighted by molar-refractivity contribution is 6.24. The Balaban J connectivity index is 1.75. The lowest BCUT2D eigenvalue weighted by Crippen LogP contribution is -2.22. The van der Waals surface area contributed by atoms with Crippen molar-refractivity contribution in [2.75, 3.05) is 33.5 Å². The summed E-state index contributed by atoms with van der Waals surface area (Å²) in [6, 6.07) is 20.1. The second-order valence-corrected chi connectivity index (χ2v) is 9.54. The highest BCUT2D eigenvalue weighted by atomic mass is 19.1. The average Bonchev–Trinajstić information content (AvgIpc) is 3.16. The molecular weight excluding hydrogens is 455 g/mol. The van der Waals surface area contributed by atoms with Gasteiger partial charge in [-0.15, -0.1) is 0 Å². The Morgan fingerprint density at radius 3 is 2.42 bits per heavy atom. The normalized spacial score (nSPS) is 15.1. The summed E-state index contributed by atoms with van der Waals surface area (Å²) in [5.74, 6) is -1.28. The van der Waals surface area contributed by atoms with Crippen molar-refractivity contribution in [2.45, 2.75) is 25.3 Å². The van der Waals surface area contributed by atoms with Gasteiger partial charge in [-0.3, -0.25) is 14.6 Å². The summed E-state index contributed by atoms with van der Waals surface area (Å²) in [6.45, 7) is 0.814. The third kappa shape index (κ3) is 5.86. The maximum Gasteiger partial charge on any atom is 0.238 e. The number of nitrogens with zero attached hydrogens (tertiary/aromatic N) is 3. The topological polar surface area (TPSA) is 65.0 Å². The van der Waals surface area contributed by atoms with Gasteiger partial charge >= 0.3 is 0 Å². The number of benzene rings is 3. The molecule has 4 rings (SSSR count). The molecule has 1 aliphatic rings. The molecule has 0 aromatic heterocycles. The summed E-state index contributed by atoms with van der Waals surface area (Å²) in [4.78, 5) is 33.8. The van der Waals surface area contributed by atoms with Crippen LogP contribution in [0.2, 0.25) is 0 Å². The van der Waals surface area contributed by atoms with Crippen LogP contribution in [0.1, 0.15) is 34.6 Å². The smallest absolute Gasteiger partial charge is 0.238 e. The van der Waals surface area contributed by atoms with E-state index in [1.54, 1.807) is 25.1 Å². The van der Waals surface area contributed by atoms with Gasteiger partial charge in [0.25, 0.3) is 0 Å². The van der Waals surface area contributed by atoms with Crippen molar-refractivity contribution in [3.05, 3.63) is 94.8 Å². The van der Waals surface area contributed by atoms with Crippen molar-refractivity contribution in [3.63, 3.8) is 0 Å². The number of carbonyl (C=O) groups excluding carboxylic acids is 2. The molecule has 186 valence electrons. The summed E-state index contributed by atoms with van der Waals surface area (Å²) in [7, 11) is 7.52. The molecule has 3 aromatic rings. The van der Waals surface area contributed by atoms with Crippen molar-refractivity contribution < 1.29 is 14.0 Å². The Kier molecular flexibility index (Phi) is 7.60. The molecule has 0 aliphatic carbocycles. The predicted molar refractivity (Wildman–Crippen MR) is 141 cm³/mol. The summed E-state index contributed by atoms with van der Waals surface area (Å²) >= 11 is 0. The van der Waals surface area contributed by atoms with E-state index < -0.39 is 11.7 Å². The molecule has 1 atom stereocenters. The number of aryl methyl sites for hydroxylation is 1. The lowest BCUT2D eigenvalue weighted by atomic mass is 9.89. The molecule has 36 heavy (non-hydrogen) atoms. The van der Waals surface area contributed by atoms with E-state index in [2.05, 4.69) is 10.2 Å². The third-order valence-electron chi connectivity index (χ3n) is 6.15. The number of halogens is 1. The molecule has 1 heterocycles. The van der Waals surface area contributed by atoms with Crippen molar-refractivity contribution in [3.8, 4) is 0 Å². The largest absolute Gasteiger partial charge is 0.349 e. The Morgan fingerprint density at radius 2 is 1.72 bits per heavy atom. The van der Waals surface area contributed by atoms with Gasteiger partial charge in [0.05, 0.1) is 11.4 Å². The lowest BCUT2D eigenvalue weighted by Gasteiger charge is -2.16. The van der Waals surface area contributed by atoms with Crippen LogP contribution in [0.25, 0.3) is 0 Å². The number of amides is 2. The Morgan fingerprint density at radius 1 is 0.972 bits per heavy atom. The maximum atomic E-state index is 13.9. The summed E-state index contributed by atoms with van der Waals surface area (Å²) in [6.07, 6.45) is 0.971. The van der Waals surface area contributed by atoms with Gasteiger partial charge in [-0.25, -0.2) is 4.39 Å².